The smallest absolute Gasteiger partial charge is 0.339 e. The molecule has 0 atom stereocenters. The highest BCUT2D eigenvalue weighted by atomic mass is 16.5. The van der Waals surface area contributed by atoms with Gasteiger partial charge in [-0.3, -0.25) is 0 Å². The Balaban J connectivity index is 3.19. The Bertz CT molecular complexity index is 315. The molecular weight excluding hydrogens is 176 g/mol. The molecule has 0 fully saturated rings. The first-order chi connectivity index (χ1) is 6.00. The van der Waals surface area contributed by atoms with Crippen molar-refractivity contribution in [3.8, 4) is 0 Å². The molecule has 1 aromatic rings. The molecule has 0 amide bonds. The zero-order valence-electron chi connectivity index (χ0n) is 7.18. The highest BCUT2D eigenvalue weighted by Crippen LogP contribution is 2.16. The van der Waals surface area contributed by atoms with Crippen molar-refractivity contribution >= 4 is 11.6 Å². The van der Waals surface area contributed by atoms with Crippen LogP contribution in [0.5, 0.6) is 0 Å². The van der Waals surface area contributed by atoms with Crippen LogP contribution in [0, 0.1) is 10.4 Å². The van der Waals surface area contributed by atoms with E-state index in [-0.39, 0.29) is 11.6 Å². The lowest BCUT2D eigenvalue weighted by Gasteiger charge is -2.27. The molecule has 0 N–H and O–H groups in total. The second-order valence-electron chi connectivity index (χ2n) is 2.47. The standard InChI is InChI=1S/C7H8N2O4/c1-8(11)5-3-6(9(2)12)13-7(10)4-5/h3-4H,1-2H3/q-2. The van der Waals surface area contributed by atoms with Crippen LogP contribution in [0.25, 0.3) is 0 Å². The monoisotopic (exact) mass is 184 g/mol. The lowest BCUT2D eigenvalue weighted by molar-refractivity contribution is 0.515. The summed E-state index contributed by atoms with van der Waals surface area (Å²) in [4.78, 5) is 10.8. The van der Waals surface area contributed by atoms with Gasteiger partial charge in [-0.1, -0.05) is 0 Å². The van der Waals surface area contributed by atoms with E-state index in [0.29, 0.717) is 10.1 Å². The van der Waals surface area contributed by atoms with Gasteiger partial charge >= 0.3 is 5.63 Å². The summed E-state index contributed by atoms with van der Waals surface area (Å²) < 4.78 is 4.52. The fourth-order valence-electron chi connectivity index (χ4n) is 0.788. The molecule has 0 aliphatic heterocycles. The van der Waals surface area contributed by atoms with Gasteiger partial charge in [0.2, 0.25) is 0 Å². The van der Waals surface area contributed by atoms with Crippen LogP contribution in [-0.4, -0.2) is 14.1 Å². The van der Waals surface area contributed by atoms with E-state index < -0.39 is 5.63 Å². The van der Waals surface area contributed by atoms with Gasteiger partial charge < -0.3 is 25.0 Å². The Morgan fingerprint density at radius 3 is 2.31 bits per heavy atom. The minimum absolute atomic E-state index is 0.0916. The third-order valence-electron chi connectivity index (χ3n) is 1.42. The van der Waals surface area contributed by atoms with E-state index in [0.717, 1.165) is 6.07 Å². The third-order valence-corrected chi connectivity index (χ3v) is 1.42. The van der Waals surface area contributed by atoms with Crippen molar-refractivity contribution in [1.29, 1.82) is 0 Å². The Labute approximate surface area is 74.1 Å². The van der Waals surface area contributed by atoms with Gasteiger partial charge in [-0.2, -0.15) is 0 Å². The van der Waals surface area contributed by atoms with Crippen LogP contribution in [0.1, 0.15) is 0 Å². The SMILES string of the molecule is CN([O-])c1cc(N(C)[O-])oc(=O)c1. The molecule has 1 rings (SSSR count). The largest absolute Gasteiger partial charge is 0.758 e. The summed E-state index contributed by atoms with van der Waals surface area (Å²) in [7, 11) is 2.40. The van der Waals surface area contributed by atoms with Gasteiger partial charge in [0.05, 0.1) is 0 Å². The summed E-state index contributed by atoms with van der Waals surface area (Å²) in [5.41, 5.74) is -0.633. The quantitative estimate of drug-likeness (QED) is 0.622. The number of anilines is 2. The first-order valence-corrected chi connectivity index (χ1v) is 3.47. The van der Waals surface area contributed by atoms with Gasteiger partial charge in [-0.05, 0) is 14.1 Å². The second kappa shape index (κ2) is 3.46. The van der Waals surface area contributed by atoms with Crippen molar-refractivity contribution in [3.05, 3.63) is 33.0 Å². The summed E-state index contributed by atoms with van der Waals surface area (Å²) in [5, 5.41) is 22.4. The normalized spacial score (nSPS) is 9.85. The number of hydrogen-bond donors (Lipinski definition) is 0. The Hall–Kier alpha value is -1.53. The molecule has 0 saturated carbocycles. The third kappa shape index (κ3) is 2.20. The van der Waals surface area contributed by atoms with Gasteiger partial charge in [0.25, 0.3) is 0 Å². The Kier molecular flexibility index (Phi) is 2.54. The molecule has 0 bridgehead atoms. The first kappa shape index (κ1) is 9.56. The summed E-state index contributed by atoms with van der Waals surface area (Å²) in [5.74, 6) is -0.190. The minimum atomic E-state index is -0.724. The molecule has 13 heavy (non-hydrogen) atoms. The topological polar surface area (TPSA) is 82.8 Å². The number of nitrogens with zero attached hydrogens (tertiary/aromatic N) is 2. The summed E-state index contributed by atoms with van der Waals surface area (Å²) >= 11 is 0. The van der Waals surface area contributed by atoms with Gasteiger partial charge in [0.15, 0.2) is 5.88 Å². The van der Waals surface area contributed by atoms with Crippen LogP contribution in [0.4, 0.5) is 11.6 Å². The van der Waals surface area contributed by atoms with Crippen molar-refractivity contribution in [1.82, 2.24) is 0 Å². The van der Waals surface area contributed by atoms with Crippen molar-refractivity contribution in [2.24, 2.45) is 0 Å². The van der Waals surface area contributed by atoms with E-state index in [1.807, 2.05) is 0 Å². The Morgan fingerprint density at radius 1 is 1.23 bits per heavy atom. The van der Waals surface area contributed by atoms with Crippen molar-refractivity contribution in [2.45, 2.75) is 0 Å². The fourth-order valence-corrected chi connectivity index (χ4v) is 0.788. The average Bonchev–Trinajstić information content (AvgIpc) is 2.03. The van der Waals surface area contributed by atoms with Gasteiger partial charge in [-0.15, -0.1) is 0 Å². The predicted molar refractivity (Wildman–Crippen MR) is 48.5 cm³/mol. The van der Waals surface area contributed by atoms with Gasteiger partial charge in [0, 0.05) is 17.8 Å². The van der Waals surface area contributed by atoms with Crippen molar-refractivity contribution in [3.63, 3.8) is 0 Å². The second-order valence-corrected chi connectivity index (χ2v) is 2.47. The fraction of sp³-hybridized carbons (Fsp3) is 0.286. The van der Waals surface area contributed by atoms with Gasteiger partial charge in [0.1, 0.15) is 0 Å². The van der Waals surface area contributed by atoms with E-state index in [1.54, 1.807) is 0 Å². The van der Waals surface area contributed by atoms with Crippen LogP contribution in [0.3, 0.4) is 0 Å². The Morgan fingerprint density at radius 2 is 1.85 bits per heavy atom. The van der Waals surface area contributed by atoms with E-state index in [4.69, 9.17) is 0 Å². The van der Waals surface area contributed by atoms with E-state index >= 15 is 0 Å². The molecule has 1 heterocycles. The molecular formula is C7H8N2O4-2. The molecule has 0 aromatic carbocycles. The zero-order chi connectivity index (χ0) is 10.0. The molecule has 6 heteroatoms. The van der Waals surface area contributed by atoms with Crippen LogP contribution < -0.4 is 15.8 Å². The minimum Gasteiger partial charge on any atom is -0.758 e. The van der Waals surface area contributed by atoms with E-state index in [9.17, 15) is 15.2 Å². The highest BCUT2D eigenvalue weighted by molar-refractivity contribution is 5.53. The van der Waals surface area contributed by atoms with Crippen LogP contribution in [-0.2, 0) is 0 Å². The molecule has 0 spiro atoms. The van der Waals surface area contributed by atoms with Crippen LogP contribution >= 0.6 is 0 Å². The maximum atomic E-state index is 10.8. The summed E-state index contributed by atoms with van der Waals surface area (Å²) in [6.07, 6.45) is 0. The lowest BCUT2D eigenvalue weighted by Crippen LogP contribution is -2.14. The average molecular weight is 184 g/mol. The molecule has 6 nitrogen and oxygen atoms in total. The molecule has 0 saturated heterocycles. The molecule has 0 unspecified atom stereocenters. The maximum Gasteiger partial charge on any atom is 0.339 e. The summed E-state index contributed by atoms with van der Waals surface area (Å²) in [6, 6.07) is 2.21. The maximum absolute atomic E-state index is 10.8. The van der Waals surface area contributed by atoms with Crippen LogP contribution in [0.2, 0.25) is 0 Å². The molecule has 1 aromatic heterocycles. The molecule has 72 valence electrons. The zero-order valence-corrected chi connectivity index (χ0v) is 7.18. The summed E-state index contributed by atoms with van der Waals surface area (Å²) in [6.45, 7) is 0. The first-order valence-electron chi connectivity index (χ1n) is 3.47. The molecule has 0 aliphatic rings. The van der Waals surface area contributed by atoms with Gasteiger partial charge in [-0.25, -0.2) is 4.79 Å². The number of hydroxylamine groups is 2. The van der Waals surface area contributed by atoms with Crippen LogP contribution in [0.15, 0.2) is 21.3 Å². The van der Waals surface area contributed by atoms with Crippen molar-refractivity contribution in [2.75, 3.05) is 24.2 Å². The van der Waals surface area contributed by atoms with Crippen molar-refractivity contribution < 1.29 is 4.42 Å². The predicted octanol–water partition coefficient (Wildman–Crippen LogP) is 0.508. The number of rotatable bonds is 2. The molecule has 0 radical (unpaired) electrons. The molecule has 0 aliphatic carbocycles. The highest BCUT2D eigenvalue weighted by Gasteiger charge is 2.00. The number of hydrogen-bond acceptors (Lipinski definition) is 6. The lowest BCUT2D eigenvalue weighted by atomic mass is 10.4. The van der Waals surface area contributed by atoms with E-state index in [2.05, 4.69) is 4.42 Å². The van der Waals surface area contributed by atoms with E-state index in [1.165, 1.54) is 20.2 Å².